The first kappa shape index (κ1) is 20.4. The number of hydrogen-bond acceptors (Lipinski definition) is 5. The number of nitrogens with zero attached hydrogens (tertiary/aromatic N) is 1. The Kier molecular flexibility index (Phi) is 6.49. The van der Waals surface area contributed by atoms with Crippen LogP contribution in [0.1, 0.15) is 38.2 Å². The molecule has 0 unspecified atom stereocenters. The molecule has 0 bridgehead atoms. The predicted octanol–water partition coefficient (Wildman–Crippen LogP) is 3.68. The highest BCUT2D eigenvalue weighted by Gasteiger charge is 2.14. The summed E-state index contributed by atoms with van der Waals surface area (Å²) in [6.07, 6.45) is 0.907. The molecule has 2 aromatic carbocycles. The topological polar surface area (TPSA) is 90.5 Å². The number of aryl methyl sites for hydroxylation is 1. The van der Waals surface area contributed by atoms with Gasteiger partial charge in [-0.2, -0.15) is 0 Å². The number of rotatable bonds is 8. The van der Waals surface area contributed by atoms with E-state index < -0.39 is 17.6 Å². The van der Waals surface area contributed by atoms with Crippen LogP contribution in [0.4, 0.5) is 5.69 Å². The number of aromatic nitrogens is 1. The number of esters is 1. The highest BCUT2D eigenvalue weighted by molar-refractivity contribution is 5.93. The minimum atomic E-state index is -0.562. The van der Waals surface area contributed by atoms with Gasteiger partial charge in [-0.15, -0.1) is 0 Å². The fourth-order valence-electron chi connectivity index (χ4n) is 3.09. The van der Waals surface area contributed by atoms with E-state index in [1.165, 1.54) is 4.57 Å². The molecule has 1 N–H and O–H groups in total. The van der Waals surface area contributed by atoms with Crippen molar-refractivity contribution in [1.82, 2.24) is 4.57 Å². The van der Waals surface area contributed by atoms with Crippen molar-refractivity contribution in [2.24, 2.45) is 0 Å². The molecule has 0 radical (unpaired) electrons. The number of para-hydroxylation sites is 3. The first-order valence-electron chi connectivity index (χ1n) is 9.62. The van der Waals surface area contributed by atoms with E-state index in [0.717, 1.165) is 17.7 Å². The van der Waals surface area contributed by atoms with Crippen LogP contribution in [-0.2, 0) is 20.9 Å². The molecule has 7 heteroatoms. The zero-order valence-electron chi connectivity index (χ0n) is 16.5. The van der Waals surface area contributed by atoms with Gasteiger partial charge >= 0.3 is 11.7 Å². The minimum absolute atomic E-state index is 0.0415. The summed E-state index contributed by atoms with van der Waals surface area (Å²) in [6.45, 7) is 3.91. The van der Waals surface area contributed by atoms with E-state index in [9.17, 15) is 14.4 Å². The van der Waals surface area contributed by atoms with Gasteiger partial charge in [0.15, 0.2) is 12.2 Å². The van der Waals surface area contributed by atoms with E-state index in [1.54, 1.807) is 24.3 Å². The number of benzene rings is 2. The maximum Gasteiger partial charge on any atom is 0.419 e. The van der Waals surface area contributed by atoms with E-state index in [1.807, 2.05) is 24.3 Å². The van der Waals surface area contributed by atoms with Gasteiger partial charge in [0.05, 0.1) is 11.9 Å². The van der Waals surface area contributed by atoms with Gasteiger partial charge in [0, 0.05) is 12.2 Å². The van der Waals surface area contributed by atoms with Crippen molar-refractivity contribution >= 4 is 28.7 Å². The fraction of sp³-hybridized carbons (Fsp3) is 0.318. The summed E-state index contributed by atoms with van der Waals surface area (Å²) in [4.78, 5) is 36.1. The lowest BCUT2D eigenvalue weighted by molar-refractivity contribution is -0.147. The largest absolute Gasteiger partial charge is 0.456 e. The molecule has 0 aliphatic carbocycles. The molecule has 1 heterocycles. The van der Waals surface area contributed by atoms with Crippen LogP contribution in [0, 0.1) is 0 Å². The minimum Gasteiger partial charge on any atom is -0.456 e. The second-order valence-corrected chi connectivity index (χ2v) is 6.84. The highest BCUT2D eigenvalue weighted by atomic mass is 16.5. The molecule has 1 atom stereocenters. The Morgan fingerprint density at radius 3 is 2.66 bits per heavy atom. The fourth-order valence-corrected chi connectivity index (χ4v) is 3.09. The maximum atomic E-state index is 12.2. The van der Waals surface area contributed by atoms with Crippen molar-refractivity contribution in [2.45, 2.75) is 39.2 Å². The predicted molar refractivity (Wildman–Crippen MR) is 110 cm³/mol. The summed E-state index contributed by atoms with van der Waals surface area (Å²) >= 11 is 0. The third kappa shape index (κ3) is 4.93. The van der Waals surface area contributed by atoms with Crippen LogP contribution < -0.4 is 11.1 Å². The van der Waals surface area contributed by atoms with Crippen LogP contribution in [0.3, 0.4) is 0 Å². The monoisotopic (exact) mass is 396 g/mol. The summed E-state index contributed by atoms with van der Waals surface area (Å²) in [6, 6.07) is 14.6. The number of ether oxygens (including phenoxy) is 1. The van der Waals surface area contributed by atoms with Gasteiger partial charge < -0.3 is 14.5 Å². The van der Waals surface area contributed by atoms with Crippen LogP contribution in [0.15, 0.2) is 57.7 Å². The SMILES string of the molecule is CC[C@@H](C)c1ccccc1NC(=O)COC(=O)CCn1c(=O)oc2ccccc21. The van der Waals surface area contributed by atoms with E-state index >= 15 is 0 Å². The Morgan fingerprint density at radius 1 is 1.14 bits per heavy atom. The first-order chi connectivity index (χ1) is 14.0. The molecule has 1 aromatic heterocycles. The Hall–Kier alpha value is -3.35. The van der Waals surface area contributed by atoms with Crippen LogP contribution in [0.2, 0.25) is 0 Å². The molecule has 29 heavy (non-hydrogen) atoms. The van der Waals surface area contributed by atoms with Gasteiger partial charge in [0.1, 0.15) is 0 Å². The number of nitrogens with one attached hydrogen (secondary N) is 1. The molecule has 0 saturated heterocycles. The molecule has 0 aliphatic heterocycles. The lowest BCUT2D eigenvalue weighted by Gasteiger charge is -2.15. The van der Waals surface area contributed by atoms with Crippen molar-refractivity contribution in [3.8, 4) is 0 Å². The summed E-state index contributed by atoms with van der Waals surface area (Å²) in [5.41, 5.74) is 2.84. The third-order valence-electron chi connectivity index (χ3n) is 4.86. The molecule has 0 spiro atoms. The quantitative estimate of drug-likeness (QED) is 0.587. The average molecular weight is 396 g/mol. The molecule has 7 nitrogen and oxygen atoms in total. The third-order valence-corrected chi connectivity index (χ3v) is 4.86. The summed E-state index contributed by atoms with van der Waals surface area (Å²) in [5, 5.41) is 2.80. The van der Waals surface area contributed by atoms with Crippen LogP contribution >= 0.6 is 0 Å². The smallest absolute Gasteiger partial charge is 0.419 e. The van der Waals surface area contributed by atoms with E-state index in [2.05, 4.69) is 19.2 Å². The number of fused-ring (bicyclic) bond motifs is 1. The van der Waals surface area contributed by atoms with Crippen LogP contribution in [0.5, 0.6) is 0 Å². The number of anilines is 1. The van der Waals surface area contributed by atoms with Crippen molar-refractivity contribution in [1.29, 1.82) is 0 Å². The van der Waals surface area contributed by atoms with Gasteiger partial charge in [0.25, 0.3) is 5.91 Å². The van der Waals surface area contributed by atoms with Crippen molar-refractivity contribution in [3.05, 3.63) is 64.6 Å². The number of hydrogen-bond donors (Lipinski definition) is 1. The average Bonchev–Trinajstić information content (AvgIpc) is 3.05. The zero-order valence-corrected chi connectivity index (χ0v) is 16.5. The van der Waals surface area contributed by atoms with Gasteiger partial charge in [-0.05, 0) is 36.1 Å². The molecule has 1 amide bonds. The standard InChI is InChI=1S/C22H24N2O5/c1-3-15(2)16-8-4-5-9-17(16)23-20(25)14-28-21(26)12-13-24-18-10-6-7-11-19(18)29-22(24)27/h4-11,15H,3,12-14H2,1-2H3,(H,23,25)/t15-/m1/s1. The second-order valence-electron chi connectivity index (χ2n) is 6.84. The van der Waals surface area contributed by atoms with E-state index in [4.69, 9.17) is 9.15 Å². The molecule has 3 rings (SSSR count). The summed E-state index contributed by atoms with van der Waals surface area (Å²) < 4.78 is 11.6. The molecule has 152 valence electrons. The van der Waals surface area contributed by atoms with Gasteiger partial charge in [-0.1, -0.05) is 44.2 Å². The number of oxazole rings is 1. The molecular formula is C22H24N2O5. The number of carbonyl (C=O) groups is 2. The first-order valence-corrected chi connectivity index (χ1v) is 9.62. The Bertz CT molecular complexity index is 1070. The summed E-state index contributed by atoms with van der Waals surface area (Å²) in [5.74, 6) is -1.19. The van der Waals surface area contributed by atoms with Gasteiger partial charge in [-0.25, -0.2) is 4.79 Å². The second kappa shape index (κ2) is 9.23. The zero-order chi connectivity index (χ0) is 20.8. The normalized spacial score (nSPS) is 11.9. The molecule has 0 saturated carbocycles. The van der Waals surface area contributed by atoms with Crippen LogP contribution in [-0.4, -0.2) is 23.1 Å². The highest BCUT2D eigenvalue weighted by Crippen LogP contribution is 2.26. The molecule has 0 fully saturated rings. The lowest BCUT2D eigenvalue weighted by Crippen LogP contribution is -2.23. The van der Waals surface area contributed by atoms with Crippen molar-refractivity contribution < 1.29 is 18.7 Å². The van der Waals surface area contributed by atoms with Crippen molar-refractivity contribution in [3.63, 3.8) is 0 Å². The number of amides is 1. The lowest BCUT2D eigenvalue weighted by atomic mass is 9.97. The van der Waals surface area contributed by atoms with Crippen molar-refractivity contribution in [2.75, 3.05) is 11.9 Å². The van der Waals surface area contributed by atoms with Gasteiger partial charge in [-0.3, -0.25) is 14.2 Å². The van der Waals surface area contributed by atoms with E-state index in [-0.39, 0.29) is 19.6 Å². The Labute approximate surface area is 168 Å². The molecular weight excluding hydrogens is 372 g/mol. The van der Waals surface area contributed by atoms with Crippen LogP contribution in [0.25, 0.3) is 11.1 Å². The van der Waals surface area contributed by atoms with Gasteiger partial charge in [0.2, 0.25) is 0 Å². The number of carbonyl (C=O) groups excluding carboxylic acids is 2. The Morgan fingerprint density at radius 2 is 1.86 bits per heavy atom. The molecule has 0 aliphatic rings. The summed E-state index contributed by atoms with van der Waals surface area (Å²) in [7, 11) is 0. The molecule has 3 aromatic rings. The maximum absolute atomic E-state index is 12.2. The van der Waals surface area contributed by atoms with E-state index in [0.29, 0.717) is 17.0 Å². The Balaban J connectivity index is 1.53.